The summed E-state index contributed by atoms with van der Waals surface area (Å²) in [5, 5.41) is 12.6. The van der Waals surface area contributed by atoms with E-state index in [0.29, 0.717) is 0 Å². The maximum absolute atomic E-state index is 11.6. The first-order chi connectivity index (χ1) is 9.22. The molecule has 2 aromatic rings. The third-order valence-electron chi connectivity index (χ3n) is 3.83. The van der Waals surface area contributed by atoms with Gasteiger partial charge in [-0.2, -0.15) is 4.73 Å². The molecule has 0 bridgehead atoms. The highest BCUT2D eigenvalue weighted by molar-refractivity contribution is 5.76. The third kappa shape index (κ3) is 2.69. The van der Waals surface area contributed by atoms with Crippen molar-refractivity contribution in [3.05, 3.63) is 47.3 Å². The molecule has 1 aliphatic heterocycles. The van der Waals surface area contributed by atoms with Crippen LogP contribution in [-0.4, -0.2) is 43.0 Å². The van der Waals surface area contributed by atoms with Crippen molar-refractivity contribution in [1.82, 2.24) is 9.80 Å². The van der Waals surface area contributed by atoms with Crippen LogP contribution >= 0.6 is 0 Å². The second kappa shape index (κ2) is 5.15. The van der Waals surface area contributed by atoms with E-state index in [9.17, 15) is 5.21 Å². The number of likely N-dealkylation sites (N-methyl/N-ethyl adjacent to an activating group) is 1. The van der Waals surface area contributed by atoms with E-state index in [1.54, 1.807) is 12.3 Å². The van der Waals surface area contributed by atoms with Crippen molar-refractivity contribution in [1.29, 1.82) is 0 Å². The number of hydrogen-bond donors (Lipinski definition) is 0. The normalized spacial score (nSPS) is 17.9. The van der Waals surface area contributed by atoms with Crippen LogP contribution in [-0.2, 0) is 6.54 Å². The summed E-state index contributed by atoms with van der Waals surface area (Å²) in [5.41, 5.74) is 2.02. The molecule has 1 saturated heterocycles. The first kappa shape index (κ1) is 12.4. The second-order valence-electron chi connectivity index (χ2n) is 5.31. The summed E-state index contributed by atoms with van der Waals surface area (Å²) < 4.78 is 0.926. The van der Waals surface area contributed by atoms with Gasteiger partial charge in [0.15, 0.2) is 6.20 Å². The average molecular weight is 257 g/mol. The van der Waals surface area contributed by atoms with E-state index in [-0.39, 0.29) is 0 Å². The molecule has 2 heterocycles. The molecule has 0 spiro atoms. The van der Waals surface area contributed by atoms with E-state index < -0.39 is 0 Å². The van der Waals surface area contributed by atoms with Crippen LogP contribution in [0.3, 0.4) is 0 Å². The van der Waals surface area contributed by atoms with Crippen LogP contribution in [0, 0.1) is 5.21 Å². The SMILES string of the molecule is CN1CCN(Cc2ccc3c(ccc[n+]3[O-])c2)CC1. The Labute approximate surface area is 113 Å². The Kier molecular flexibility index (Phi) is 3.36. The molecule has 0 radical (unpaired) electrons. The fourth-order valence-electron chi connectivity index (χ4n) is 2.61. The lowest BCUT2D eigenvalue weighted by atomic mass is 10.1. The summed E-state index contributed by atoms with van der Waals surface area (Å²) in [4.78, 5) is 4.83. The van der Waals surface area contributed by atoms with Crippen LogP contribution < -0.4 is 4.73 Å². The van der Waals surface area contributed by atoms with Crippen LogP contribution in [0.5, 0.6) is 0 Å². The maximum Gasteiger partial charge on any atom is 0.223 e. The quantitative estimate of drug-likeness (QED) is 0.599. The molecule has 1 aromatic heterocycles. The maximum atomic E-state index is 11.6. The highest BCUT2D eigenvalue weighted by Crippen LogP contribution is 2.14. The Morgan fingerprint density at radius 1 is 1.16 bits per heavy atom. The lowest BCUT2D eigenvalue weighted by molar-refractivity contribution is -0.577. The zero-order chi connectivity index (χ0) is 13.2. The fourth-order valence-corrected chi connectivity index (χ4v) is 2.61. The van der Waals surface area contributed by atoms with Crippen LogP contribution in [0.2, 0.25) is 0 Å². The van der Waals surface area contributed by atoms with Gasteiger partial charge in [-0.15, -0.1) is 0 Å². The predicted molar refractivity (Wildman–Crippen MR) is 75.7 cm³/mol. The smallest absolute Gasteiger partial charge is 0.223 e. The van der Waals surface area contributed by atoms with Gasteiger partial charge >= 0.3 is 0 Å². The molecule has 1 fully saturated rings. The number of pyridine rings is 1. The predicted octanol–water partition coefficient (Wildman–Crippen LogP) is 1.22. The van der Waals surface area contributed by atoms with Gasteiger partial charge in [-0.1, -0.05) is 6.07 Å². The molecule has 4 heteroatoms. The van der Waals surface area contributed by atoms with Crippen molar-refractivity contribution in [2.75, 3.05) is 33.2 Å². The Hall–Kier alpha value is -1.65. The molecule has 1 aliphatic rings. The van der Waals surface area contributed by atoms with Crippen molar-refractivity contribution in [2.24, 2.45) is 0 Å². The molecular formula is C15H19N3O. The number of nitrogens with zero attached hydrogens (tertiary/aromatic N) is 3. The summed E-state index contributed by atoms with van der Waals surface area (Å²) in [6.45, 7) is 5.47. The van der Waals surface area contributed by atoms with Gasteiger partial charge in [-0.25, -0.2) is 0 Å². The zero-order valence-corrected chi connectivity index (χ0v) is 11.2. The van der Waals surface area contributed by atoms with Gasteiger partial charge in [0.05, 0.1) is 0 Å². The van der Waals surface area contributed by atoms with Gasteiger partial charge < -0.3 is 10.1 Å². The Bertz CT molecular complexity index is 577. The number of hydrogen-bond acceptors (Lipinski definition) is 3. The fraction of sp³-hybridized carbons (Fsp3) is 0.400. The van der Waals surface area contributed by atoms with Crippen LogP contribution in [0.15, 0.2) is 36.5 Å². The number of piperazine rings is 1. The van der Waals surface area contributed by atoms with E-state index in [2.05, 4.69) is 29.0 Å². The average Bonchev–Trinajstić information content (AvgIpc) is 2.42. The highest BCUT2D eigenvalue weighted by Gasteiger charge is 2.14. The molecule has 0 saturated carbocycles. The molecular weight excluding hydrogens is 238 g/mol. The van der Waals surface area contributed by atoms with Crippen LogP contribution in [0.1, 0.15) is 5.56 Å². The summed E-state index contributed by atoms with van der Waals surface area (Å²) in [5.74, 6) is 0. The van der Waals surface area contributed by atoms with Crippen molar-refractivity contribution < 1.29 is 4.73 Å². The summed E-state index contributed by atoms with van der Waals surface area (Å²) >= 11 is 0. The topological polar surface area (TPSA) is 33.4 Å². The Balaban J connectivity index is 1.78. The van der Waals surface area contributed by atoms with Crippen molar-refractivity contribution >= 4 is 10.9 Å². The minimum atomic E-state index is 0.740. The van der Waals surface area contributed by atoms with Crippen molar-refractivity contribution in [3.8, 4) is 0 Å². The van der Waals surface area contributed by atoms with E-state index in [1.807, 2.05) is 12.1 Å². The molecule has 0 N–H and O–H groups in total. The van der Waals surface area contributed by atoms with Gasteiger partial charge in [0.2, 0.25) is 5.52 Å². The minimum Gasteiger partial charge on any atom is -0.618 e. The van der Waals surface area contributed by atoms with Gasteiger partial charge in [-0.05, 0) is 24.7 Å². The Morgan fingerprint density at radius 2 is 1.95 bits per heavy atom. The van der Waals surface area contributed by atoms with E-state index in [1.165, 1.54) is 5.56 Å². The third-order valence-corrected chi connectivity index (χ3v) is 3.83. The molecule has 0 atom stereocenters. The molecule has 0 unspecified atom stereocenters. The first-order valence-electron chi connectivity index (χ1n) is 6.74. The molecule has 4 nitrogen and oxygen atoms in total. The molecule has 1 aromatic carbocycles. The summed E-state index contributed by atoms with van der Waals surface area (Å²) in [7, 11) is 2.17. The molecule has 100 valence electrons. The zero-order valence-electron chi connectivity index (χ0n) is 11.2. The largest absolute Gasteiger partial charge is 0.618 e. The van der Waals surface area contributed by atoms with Gasteiger partial charge in [-0.3, -0.25) is 4.90 Å². The van der Waals surface area contributed by atoms with E-state index in [4.69, 9.17) is 0 Å². The number of fused-ring (bicyclic) bond motifs is 1. The first-order valence-corrected chi connectivity index (χ1v) is 6.74. The minimum absolute atomic E-state index is 0.740. The monoisotopic (exact) mass is 257 g/mol. The molecule has 3 rings (SSSR count). The molecule has 0 aliphatic carbocycles. The highest BCUT2D eigenvalue weighted by atomic mass is 16.5. The van der Waals surface area contributed by atoms with Gasteiger partial charge in [0.25, 0.3) is 0 Å². The van der Waals surface area contributed by atoms with E-state index in [0.717, 1.165) is 48.4 Å². The second-order valence-corrected chi connectivity index (χ2v) is 5.31. The number of benzene rings is 1. The Morgan fingerprint density at radius 3 is 2.74 bits per heavy atom. The summed E-state index contributed by atoms with van der Waals surface area (Å²) in [6.07, 6.45) is 1.54. The lowest BCUT2D eigenvalue weighted by Gasteiger charge is -2.32. The molecule has 0 amide bonds. The van der Waals surface area contributed by atoms with E-state index >= 15 is 0 Å². The number of rotatable bonds is 2. The van der Waals surface area contributed by atoms with Gasteiger partial charge in [0, 0.05) is 50.2 Å². The molecule has 19 heavy (non-hydrogen) atoms. The van der Waals surface area contributed by atoms with Crippen molar-refractivity contribution in [3.63, 3.8) is 0 Å². The van der Waals surface area contributed by atoms with Crippen LogP contribution in [0.25, 0.3) is 10.9 Å². The number of aromatic nitrogens is 1. The van der Waals surface area contributed by atoms with Crippen molar-refractivity contribution in [2.45, 2.75) is 6.54 Å². The standard InChI is InChI=1S/C15H19N3O/c1-16-7-9-17(10-8-16)12-13-4-5-15-14(11-13)3-2-6-18(15)19/h2-6,11H,7-10,12H2,1H3. The van der Waals surface area contributed by atoms with Crippen LogP contribution in [0.4, 0.5) is 0 Å². The lowest BCUT2D eigenvalue weighted by Crippen LogP contribution is -2.43. The summed E-state index contributed by atoms with van der Waals surface area (Å²) in [6, 6.07) is 9.91. The van der Waals surface area contributed by atoms with Gasteiger partial charge in [0.1, 0.15) is 0 Å².